The molecule has 0 aliphatic rings. The molecule has 0 aliphatic carbocycles. The molecule has 114 valence electrons. The Morgan fingerprint density at radius 2 is 1.90 bits per heavy atom. The number of aliphatic carboxylic acids is 1. The quantitative estimate of drug-likeness (QED) is 0.654. The van der Waals surface area contributed by atoms with Crippen molar-refractivity contribution in [1.29, 1.82) is 0 Å². The van der Waals surface area contributed by atoms with Crippen molar-refractivity contribution in [3.8, 4) is 0 Å². The molecule has 21 heavy (non-hydrogen) atoms. The Morgan fingerprint density at radius 1 is 1.33 bits per heavy atom. The van der Waals surface area contributed by atoms with Crippen molar-refractivity contribution >= 4 is 29.4 Å². The number of halogens is 1. The van der Waals surface area contributed by atoms with E-state index in [1.807, 2.05) is 0 Å². The van der Waals surface area contributed by atoms with Crippen molar-refractivity contribution < 1.29 is 24.2 Å². The van der Waals surface area contributed by atoms with Gasteiger partial charge in [-0.05, 0) is 31.2 Å². The molecule has 0 saturated heterocycles. The van der Waals surface area contributed by atoms with Crippen molar-refractivity contribution in [2.24, 2.45) is 5.73 Å². The molecule has 2 atom stereocenters. The van der Waals surface area contributed by atoms with Crippen LogP contribution in [0.15, 0.2) is 24.3 Å². The Kier molecular flexibility index (Phi) is 6.13. The Labute approximate surface area is 126 Å². The summed E-state index contributed by atoms with van der Waals surface area (Å²) >= 11 is 5.68. The molecule has 0 radical (unpaired) electrons. The minimum atomic E-state index is -1.36. The van der Waals surface area contributed by atoms with Gasteiger partial charge in [0.05, 0.1) is 11.6 Å². The first-order valence-electron chi connectivity index (χ1n) is 6.02. The number of carboxylic acid groups (broad SMARTS) is 1. The largest absolute Gasteiger partial charge is 0.480 e. The number of esters is 1. The summed E-state index contributed by atoms with van der Waals surface area (Å²) in [7, 11) is 0. The fourth-order valence-corrected chi connectivity index (χ4v) is 1.43. The molecule has 1 amide bonds. The van der Waals surface area contributed by atoms with Crippen LogP contribution in [0.4, 0.5) is 0 Å². The molecule has 1 aromatic carbocycles. The number of hydrogen-bond donors (Lipinski definition) is 3. The highest BCUT2D eigenvalue weighted by atomic mass is 35.5. The minimum Gasteiger partial charge on any atom is -0.480 e. The normalized spacial score (nSPS) is 13.1. The zero-order chi connectivity index (χ0) is 16.0. The van der Waals surface area contributed by atoms with Crippen LogP contribution in [-0.2, 0) is 14.3 Å². The summed E-state index contributed by atoms with van der Waals surface area (Å²) in [5.74, 6) is -2.69. The van der Waals surface area contributed by atoms with Crippen LogP contribution in [-0.4, -0.2) is 41.6 Å². The molecular weight excluding hydrogens is 300 g/mol. The number of nitrogens with two attached hydrogens (primary N) is 1. The lowest BCUT2D eigenvalue weighted by molar-refractivity contribution is -0.143. The second-order valence-corrected chi connectivity index (χ2v) is 4.73. The van der Waals surface area contributed by atoms with E-state index in [1.165, 1.54) is 31.2 Å². The third-order valence-electron chi connectivity index (χ3n) is 2.49. The topological polar surface area (TPSA) is 119 Å². The van der Waals surface area contributed by atoms with Crippen LogP contribution in [0.1, 0.15) is 17.3 Å². The summed E-state index contributed by atoms with van der Waals surface area (Å²) in [6, 6.07) is 3.68. The van der Waals surface area contributed by atoms with Crippen LogP contribution >= 0.6 is 11.6 Å². The predicted molar refractivity (Wildman–Crippen MR) is 75.0 cm³/mol. The summed E-state index contributed by atoms with van der Waals surface area (Å²) < 4.78 is 4.85. The summed E-state index contributed by atoms with van der Waals surface area (Å²) in [5, 5.41) is 11.6. The standard InChI is InChI=1S/C13H15ClN2O5/c1-7(15)11(17)16-10(12(18)19)6-21-13(20)8-2-4-9(14)5-3-8/h2-5,7,10H,6,15H2,1H3,(H,16,17)(H,18,19)/t7-,10+/m1/s1. The van der Waals surface area contributed by atoms with Crippen molar-refractivity contribution in [2.45, 2.75) is 19.0 Å². The van der Waals surface area contributed by atoms with Crippen molar-refractivity contribution in [2.75, 3.05) is 6.61 Å². The summed E-state index contributed by atoms with van der Waals surface area (Å²) in [4.78, 5) is 34.0. The van der Waals surface area contributed by atoms with E-state index < -0.39 is 36.5 Å². The fourth-order valence-electron chi connectivity index (χ4n) is 1.31. The molecule has 1 rings (SSSR count). The molecule has 4 N–H and O–H groups in total. The maximum absolute atomic E-state index is 11.7. The number of benzene rings is 1. The van der Waals surface area contributed by atoms with Crippen LogP contribution < -0.4 is 11.1 Å². The van der Waals surface area contributed by atoms with E-state index in [-0.39, 0.29) is 5.56 Å². The average Bonchev–Trinajstić information content (AvgIpc) is 2.43. The molecule has 0 saturated carbocycles. The highest BCUT2D eigenvalue weighted by Gasteiger charge is 2.23. The van der Waals surface area contributed by atoms with Gasteiger partial charge in [0.25, 0.3) is 0 Å². The van der Waals surface area contributed by atoms with E-state index in [2.05, 4.69) is 5.32 Å². The molecular formula is C13H15ClN2O5. The minimum absolute atomic E-state index is 0.224. The van der Waals surface area contributed by atoms with Crippen molar-refractivity contribution in [3.63, 3.8) is 0 Å². The van der Waals surface area contributed by atoms with Crippen LogP contribution in [0.5, 0.6) is 0 Å². The third-order valence-corrected chi connectivity index (χ3v) is 2.74. The Balaban J connectivity index is 2.61. The number of carboxylic acids is 1. The Bertz CT molecular complexity index is 530. The van der Waals surface area contributed by atoms with Crippen LogP contribution in [0, 0.1) is 0 Å². The maximum atomic E-state index is 11.7. The van der Waals surface area contributed by atoms with Gasteiger partial charge in [0, 0.05) is 5.02 Å². The van der Waals surface area contributed by atoms with E-state index in [0.717, 1.165) is 0 Å². The SMILES string of the molecule is C[C@@H](N)C(=O)N[C@@H](COC(=O)c1ccc(Cl)cc1)C(=O)O. The summed E-state index contributed by atoms with van der Waals surface area (Å²) in [5.41, 5.74) is 5.54. The lowest BCUT2D eigenvalue weighted by atomic mass is 10.2. The van der Waals surface area contributed by atoms with E-state index in [9.17, 15) is 14.4 Å². The molecule has 0 fully saturated rings. The number of ether oxygens (including phenoxy) is 1. The number of hydrogen-bond acceptors (Lipinski definition) is 5. The van der Waals surface area contributed by atoms with Crippen LogP contribution in [0.3, 0.4) is 0 Å². The van der Waals surface area contributed by atoms with Crippen molar-refractivity contribution in [3.05, 3.63) is 34.9 Å². The Morgan fingerprint density at radius 3 is 2.38 bits per heavy atom. The lowest BCUT2D eigenvalue weighted by Crippen LogP contribution is -2.49. The highest BCUT2D eigenvalue weighted by molar-refractivity contribution is 6.30. The smallest absolute Gasteiger partial charge is 0.338 e. The highest BCUT2D eigenvalue weighted by Crippen LogP contribution is 2.10. The van der Waals surface area contributed by atoms with Gasteiger partial charge in [0.1, 0.15) is 6.61 Å². The average molecular weight is 315 g/mol. The van der Waals surface area contributed by atoms with Gasteiger partial charge in [-0.25, -0.2) is 9.59 Å². The van der Waals surface area contributed by atoms with Gasteiger partial charge in [-0.15, -0.1) is 0 Å². The molecule has 0 bridgehead atoms. The number of rotatable bonds is 6. The second kappa shape index (κ2) is 7.61. The van der Waals surface area contributed by atoms with Crippen LogP contribution in [0.2, 0.25) is 5.02 Å². The molecule has 0 aliphatic heterocycles. The Hall–Kier alpha value is -2.12. The number of carbonyl (C=O) groups excluding carboxylic acids is 2. The molecule has 1 aromatic rings. The summed E-state index contributed by atoms with van der Waals surface area (Å²) in [6.45, 7) is 0.906. The number of amides is 1. The third kappa shape index (κ3) is 5.41. The molecule has 0 unspecified atom stereocenters. The molecule has 0 spiro atoms. The number of carbonyl (C=O) groups is 3. The first kappa shape index (κ1) is 16.9. The van der Waals surface area contributed by atoms with Gasteiger partial charge in [0.2, 0.25) is 5.91 Å². The van der Waals surface area contributed by atoms with Crippen molar-refractivity contribution in [1.82, 2.24) is 5.32 Å². The van der Waals surface area contributed by atoms with Gasteiger partial charge >= 0.3 is 11.9 Å². The second-order valence-electron chi connectivity index (χ2n) is 4.29. The van der Waals surface area contributed by atoms with Gasteiger partial charge in [0.15, 0.2) is 6.04 Å². The van der Waals surface area contributed by atoms with Crippen LogP contribution in [0.25, 0.3) is 0 Å². The molecule has 8 heteroatoms. The molecule has 0 heterocycles. The summed E-state index contributed by atoms with van der Waals surface area (Å²) in [6.07, 6.45) is 0. The first-order chi connectivity index (χ1) is 9.81. The first-order valence-corrected chi connectivity index (χ1v) is 6.40. The van der Waals surface area contributed by atoms with Gasteiger partial charge in [-0.3, -0.25) is 4.79 Å². The maximum Gasteiger partial charge on any atom is 0.338 e. The van der Waals surface area contributed by atoms with Gasteiger partial charge in [-0.2, -0.15) is 0 Å². The zero-order valence-electron chi connectivity index (χ0n) is 11.2. The van der Waals surface area contributed by atoms with Gasteiger partial charge < -0.3 is 20.9 Å². The molecule has 7 nitrogen and oxygen atoms in total. The van der Waals surface area contributed by atoms with E-state index >= 15 is 0 Å². The molecule has 0 aromatic heterocycles. The van der Waals surface area contributed by atoms with E-state index in [1.54, 1.807) is 0 Å². The monoisotopic (exact) mass is 314 g/mol. The van der Waals surface area contributed by atoms with E-state index in [0.29, 0.717) is 5.02 Å². The lowest BCUT2D eigenvalue weighted by Gasteiger charge is -2.16. The zero-order valence-corrected chi connectivity index (χ0v) is 12.0. The predicted octanol–water partition coefficient (Wildman–Crippen LogP) is 0.413. The number of nitrogens with one attached hydrogen (secondary N) is 1. The fraction of sp³-hybridized carbons (Fsp3) is 0.308. The van der Waals surface area contributed by atoms with Gasteiger partial charge in [-0.1, -0.05) is 11.6 Å². The van der Waals surface area contributed by atoms with E-state index in [4.69, 9.17) is 27.2 Å².